The van der Waals surface area contributed by atoms with E-state index in [0.29, 0.717) is 22.5 Å². The largest absolute Gasteiger partial charge is 0.507 e. The molecule has 1 aromatic heterocycles. The highest BCUT2D eigenvalue weighted by Crippen LogP contribution is 2.17. The second-order valence-corrected chi connectivity index (χ2v) is 7.22. The maximum absolute atomic E-state index is 13.6. The number of aromatic hydroxyl groups is 1. The highest BCUT2D eigenvalue weighted by Gasteiger charge is 2.21. The van der Waals surface area contributed by atoms with Gasteiger partial charge in [0.15, 0.2) is 11.6 Å². The minimum Gasteiger partial charge on any atom is -0.507 e. The van der Waals surface area contributed by atoms with Crippen molar-refractivity contribution in [2.45, 2.75) is 19.0 Å². The molecule has 0 aliphatic heterocycles. The van der Waals surface area contributed by atoms with Crippen molar-refractivity contribution in [3.8, 4) is 5.75 Å². The molecule has 1 atom stereocenters. The molecule has 7 nitrogen and oxygen atoms in total. The number of carbonyl (C=O) groups is 2. The summed E-state index contributed by atoms with van der Waals surface area (Å²) in [4.78, 5) is 29.2. The fourth-order valence-corrected chi connectivity index (χ4v) is 2.98. The van der Waals surface area contributed by atoms with Gasteiger partial charge in [0.1, 0.15) is 17.6 Å². The minimum atomic E-state index is -1.07. The van der Waals surface area contributed by atoms with E-state index in [2.05, 4.69) is 15.6 Å². The summed E-state index contributed by atoms with van der Waals surface area (Å²) in [5, 5.41) is 15.1. The Balaban J connectivity index is 1.72. The van der Waals surface area contributed by atoms with Gasteiger partial charge in [0, 0.05) is 30.8 Å². The maximum Gasteiger partial charge on any atom is 0.244 e. The Kier molecular flexibility index (Phi) is 7.69. The monoisotopic (exact) mass is 452 g/mol. The number of carbonyl (C=O) groups excluding carboxylic acids is 2. The molecule has 2 amide bonds. The predicted molar refractivity (Wildman–Crippen MR) is 120 cm³/mol. The van der Waals surface area contributed by atoms with Crippen LogP contribution in [-0.4, -0.2) is 27.9 Å². The minimum absolute atomic E-state index is 0.00487. The Labute approximate surface area is 189 Å². The number of nitrogens with zero attached hydrogens (tertiary/aromatic N) is 1. The molecule has 0 aliphatic carbocycles. The molecule has 9 heteroatoms. The summed E-state index contributed by atoms with van der Waals surface area (Å²) in [5.41, 5.74) is 6.99. The lowest BCUT2D eigenvalue weighted by molar-refractivity contribution is -0.127. The van der Waals surface area contributed by atoms with Crippen molar-refractivity contribution >= 4 is 23.7 Å². The number of phenolic OH excluding ortho intramolecular Hbond substituents is 1. The Bertz CT molecular complexity index is 1170. The topological polar surface area (TPSA) is 117 Å². The number of nitrogens with two attached hydrogens (primary N) is 1. The molecular weight excluding hydrogens is 430 g/mol. The van der Waals surface area contributed by atoms with E-state index in [1.165, 1.54) is 30.5 Å². The van der Waals surface area contributed by atoms with E-state index in [1.807, 2.05) is 0 Å². The van der Waals surface area contributed by atoms with E-state index < -0.39 is 29.5 Å². The summed E-state index contributed by atoms with van der Waals surface area (Å²) in [6.45, 7) is 0.129. The molecule has 2 aromatic carbocycles. The first-order chi connectivity index (χ1) is 15.8. The summed E-state index contributed by atoms with van der Waals surface area (Å²) in [6, 6.07) is 11.9. The molecule has 0 unspecified atom stereocenters. The van der Waals surface area contributed by atoms with Crippen LogP contribution in [0.3, 0.4) is 0 Å². The van der Waals surface area contributed by atoms with Crippen molar-refractivity contribution in [3.05, 3.63) is 95.2 Å². The van der Waals surface area contributed by atoms with Crippen molar-refractivity contribution in [3.63, 3.8) is 0 Å². The summed E-state index contributed by atoms with van der Waals surface area (Å²) in [7, 11) is 0. The molecule has 3 rings (SSSR count). The van der Waals surface area contributed by atoms with Gasteiger partial charge in [-0.1, -0.05) is 30.3 Å². The Morgan fingerprint density at radius 2 is 1.82 bits per heavy atom. The number of halogens is 2. The third kappa shape index (κ3) is 6.86. The number of benzene rings is 2. The summed E-state index contributed by atoms with van der Waals surface area (Å²) < 4.78 is 26.9. The number of hydrogen-bond acceptors (Lipinski definition) is 5. The second-order valence-electron chi connectivity index (χ2n) is 7.22. The molecule has 3 aromatic rings. The number of phenols is 1. The third-order valence-electron chi connectivity index (χ3n) is 4.72. The van der Waals surface area contributed by atoms with Crippen molar-refractivity contribution in [2.24, 2.45) is 0 Å². The Morgan fingerprint density at radius 3 is 2.52 bits per heavy atom. The van der Waals surface area contributed by atoms with Crippen LogP contribution in [0, 0.1) is 11.6 Å². The number of nitrogen functional groups attached to an aromatic ring is 1. The van der Waals surface area contributed by atoms with Crippen LogP contribution in [-0.2, 0) is 22.6 Å². The van der Waals surface area contributed by atoms with Crippen molar-refractivity contribution in [1.82, 2.24) is 15.6 Å². The average molecular weight is 452 g/mol. The van der Waals surface area contributed by atoms with E-state index >= 15 is 0 Å². The lowest BCUT2D eigenvalue weighted by Gasteiger charge is -2.18. The van der Waals surface area contributed by atoms with Crippen LogP contribution >= 0.6 is 0 Å². The van der Waals surface area contributed by atoms with Crippen molar-refractivity contribution in [1.29, 1.82) is 0 Å². The molecule has 5 N–H and O–H groups in total. The number of amides is 2. The zero-order valence-electron chi connectivity index (χ0n) is 17.5. The van der Waals surface area contributed by atoms with Gasteiger partial charge in [0.05, 0.1) is 0 Å². The molecule has 0 saturated heterocycles. The van der Waals surface area contributed by atoms with E-state index in [-0.39, 0.29) is 18.7 Å². The van der Waals surface area contributed by atoms with Crippen LogP contribution in [0.1, 0.15) is 16.7 Å². The van der Waals surface area contributed by atoms with Gasteiger partial charge in [-0.15, -0.1) is 0 Å². The smallest absolute Gasteiger partial charge is 0.244 e. The van der Waals surface area contributed by atoms with E-state index in [0.717, 1.165) is 12.1 Å². The number of para-hydroxylation sites is 1. The average Bonchev–Trinajstić information content (AvgIpc) is 2.80. The third-order valence-corrected chi connectivity index (χ3v) is 4.72. The zero-order chi connectivity index (χ0) is 23.8. The fraction of sp³-hybridized carbons (Fsp3) is 0.125. The van der Waals surface area contributed by atoms with Gasteiger partial charge in [0.2, 0.25) is 11.8 Å². The number of hydrogen-bond donors (Lipinski definition) is 4. The van der Waals surface area contributed by atoms with Crippen LogP contribution in [0.5, 0.6) is 5.75 Å². The number of rotatable bonds is 8. The van der Waals surface area contributed by atoms with Gasteiger partial charge < -0.3 is 21.5 Å². The molecule has 0 radical (unpaired) electrons. The fourth-order valence-electron chi connectivity index (χ4n) is 2.98. The highest BCUT2D eigenvalue weighted by molar-refractivity contribution is 5.95. The molecule has 33 heavy (non-hydrogen) atoms. The predicted octanol–water partition coefficient (Wildman–Crippen LogP) is 2.70. The first-order valence-corrected chi connectivity index (χ1v) is 10.0. The quantitative estimate of drug-likeness (QED) is 0.392. The van der Waals surface area contributed by atoms with E-state index in [4.69, 9.17) is 5.73 Å². The Hall–Kier alpha value is -4.27. The van der Waals surface area contributed by atoms with Crippen molar-refractivity contribution < 1.29 is 23.5 Å². The molecule has 0 saturated carbocycles. The normalized spacial score (nSPS) is 11.8. The summed E-state index contributed by atoms with van der Waals surface area (Å²) >= 11 is 0. The lowest BCUT2D eigenvalue weighted by atomic mass is 10.0. The standard InChI is InChI=1S/C24H22F2N4O3/c25-18-8-5-15(11-19(18)26)12-20(24(33)29-14-16-6-9-22(27)28-13-16)30-23(32)10-7-17-3-1-2-4-21(17)31/h1-11,13,20,31H,12,14H2,(H2,27,28)(H,29,33)(H,30,32)/t20-/m0/s1. The van der Waals surface area contributed by atoms with Crippen LogP contribution in [0.4, 0.5) is 14.6 Å². The Morgan fingerprint density at radius 1 is 1.06 bits per heavy atom. The van der Waals surface area contributed by atoms with E-state index in [1.54, 1.807) is 30.3 Å². The molecule has 0 spiro atoms. The summed E-state index contributed by atoms with van der Waals surface area (Å²) in [5.74, 6) is -2.86. The SMILES string of the molecule is Nc1ccc(CNC(=O)[C@H](Cc2ccc(F)c(F)c2)NC(=O)C=Cc2ccccc2O)cn1. The lowest BCUT2D eigenvalue weighted by Crippen LogP contribution is -2.47. The van der Waals surface area contributed by atoms with E-state index in [9.17, 15) is 23.5 Å². The van der Waals surface area contributed by atoms with Gasteiger partial charge in [0.25, 0.3) is 0 Å². The van der Waals surface area contributed by atoms with Gasteiger partial charge in [-0.2, -0.15) is 0 Å². The van der Waals surface area contributed by atoms with Gasteiger partial charge in [-0.25, -0.2) is 13.8 Å². The van der Waals surface area contributed by atoms with Crippen LogP contribution in [0.15, 0.2) is 66.9 Å². The van der Waals surface area contributed by atoms with Gasteiger partial charge in [-0.3, -0.25) is 9.59 Å². The van der Waals surface area contributed by atoms with Crippen LogP contribution in [0.25, 0.3) is 6.08 Å². The molecule has 0 fully saturated rings. The first kappa shape index (κ1) is 23.4. The maximum atomic E-state index is 13.6. The first-order valence-electron chi connectivity index (χ1n) is 10.0. The molecule has 170 valence electrons. The molecule has 1 heterocycles. The van der Waals surface area contributed by atoms with Gasteiger partial charge in [-0.05, 0) is 41.5 Å². The molecule has 0 bridgehead atoms. The zero-order valence-corrected chi connectivity index (χ0v) is 17.5. The number of aromatic nitrogens is 1. The number of pyridine rings is 1. The molecular formula is C24H22F2N4O3. The highest BCUT2D eigenvalue weighted by atomic mass is 19.2. The van der Waals surface area contributed by atoms with Gasteiger partial charge >= 0.3 is 0 Å². The van der Waals surface area contributed by atoms with Crippen LogP contribution < -0.4 is 16.4 Å². The van der Waals surface area contributed by atoms with Crippen LogP contribution in [0.2, 0.25) is 0 Å². The molecule has 0 aliphatic rings. The summed E-state index contributed by atoms with van der Waals surface area (Å²) in [6.07, 6.45) is 4.01. The number of nitrogens with one attached hydrogen (secondary N) is 2. The number of anilines is 1. The van der Waals surface area contributed by atoms with Crippen molar-refractivity contribution in [2.75, 3.05) is 5.73 Å². The second kappa shape index (κ2) is 10.9.